The summed E-state index contributed by atoms with van der Waals surface area (Å²) in [6.07, 6.45) is 3.19. The third kappa shape index (κ3) is 2.90. The number of anilines is 1. The molecule has 0 aromatic carbocycles. The molecule has 0 radical (unpaired) electrons. The van der Waals surface area contributed by atoms with Crippen molar-refractivity contribution in [3.63, 3.8) is 0 Å². The van der Waals surface area contributed by atoms with E-state index in [9.17, 15) is 8.42 Å². The van der Waals surface area contributed by atoms with Gasteiger partial charge in [0.2, 0.25) is 10.0 Å². The van der Waals surface area contributed by atoms with Gasteiger partial charge < -0.3 is 9.42 Å². The van der Waals surface area contributed by atoms with Gasteiger partial charge in [-0.3, -0.25) is 4.98 Å². The van der Waals surface area contributed by atoms with E-state index >= 15 is 0 Å². The van der Waals surface area contributed by atoms with Gasteiger partial charge in [0.05, 0.1) is 21.6 Å². The molecule has 1 aliphatic heterocycles. The van der Waals surface area contributed by atoms with Crippen LogP contribution >= 0.6 is 11.3 Å². The molecule has 4 rings (SSSR count). The monoisotopic (exact) mass is 364 g/mol. The normalized spacial score (nSPS) is 16.8. The van der Waals surface area contributed by atoms with Gasteiger partial charge in [0.1, 0.15) is 12.0 Å². The second kappa shape index (κ2) is 6.15. The molecule has 3 aromatic rings. The van der Waals surface area contributed by atoms with Crippen LogP contribution in [-0.4, -0.2) is 49.0 Å². The van der Waals surface area contributed by atoms with Gasteiger partial charge in [0.15, 0.2) is 0 Å². The third-order valence-corrected chi connectivity index (χ3v) is 6.86. The van der Waals surface area contributed by atoms with Crippen molar-refractivity contribution in [2.45, 2.75) is 5.75 Å². The summed E-state index contributed by atoms with van der Waals surface area (Å²) in [4.78, 5) is 6.58. The zero-order valence-electron chi connectivity index (χ0n) is 12.8. The average Bonchev–Trinajstić information content (AvgIpc) is 3.25. The van der Waals surface area contributed by atoms with Gasteiger partial charge >= 0.3 is 0 Å². The molecular weight excluding hydrogens is 348 g/mol. The molecule has 126 valence electrons. The molecule has 7 nitrogen and oxygen atoms in total. The standard InChI is InChI=1S/C15H16N4O3S2/c20-24(21,11-12-2-9-22-17-12)19-7-5-18(6-8-19)14-1-4-16-13-3-10-23-15(13)14/h1-4,9-10H,5-8,11H2. The summed E-state index contributed by atoms with van der Waals surface area (Å²) in [5.74, 6) is -0.117. The van der Waals surface area contributed by atoms with Crippen LogP contribution in [0.25, 0.3) is 10.2 Å². The van der Waals surface area contributed by atoms with Crippen molar-refractivity contribution < 1.29 is 12.9 Å². The first-order valence-electron chi connectivity index (χ1n) is 7.58. The number of nitrogens with zero attached hydrogens (tertiary/aromatic N) is 4. The van der Waals surface area contributed by atoms with Crippen LogP contribution in [0.2, 0.25) is 0 Å². The minimum absolute atomic E-state index is 0.117. The summed E-state index contributed by atoms with van der Waals surface area (Å²) < 4.78 is 32.4. The van der Waals surface area contributed by atoms with Crippen molar-refractivity contribution in [2.24, 2.45) is 0 Å². The van der Waals surface area contributed by atoms with Crippen molar-refractivity contribution in [3.05, 3.63) is 41.7 Å². The summed E-state index contributed by atoms with van der Waals surface area (Å²) in [6.45, 7) is 2.26. The second-order valence-corrected chi connectivity index (χ2v) is 8.48. The van der Waals surface area contributed by atoms with E-state index in [-0.39, 0.29) is 5.75 Å². The van der Waals surface area contributed by atoms with E-state index in [1.807, 2.05) is 17.5 Å². The molecule has 0 aliphatic carbocycles. The smallest absolute Gasteiger partial charge is 0.220 e. The topological polar surface area (TPSA) is 79.5 Å². The van der Waals surface area contributed by atoms with E-state index in [1.165, 1.54) is 10.6 Å². The molecule has 0 saturated carbocycles. The molecule has 0 spiro atoms. The second-order valence-electron chi connectivity index (χ2n) is 5.60. The highest BCUT2D eigenvalue weighted by atomic mass is 32.2. The molecule has 4 heterocycles. The van der Waals surface area contributed by atoms with Crippen LogP contribution in [0, 0.1) is 0 Å². The highest BCUT2D eigenvalue weighted by Crippen LogP contribution is 2.30. The van der Waals surface area contributed by atoms with Crippen molar-refractivity contribution in [1.82, 2.24) is 14.4 Å². The molecule has 3 aromatic heterocycles. The van der Waals surface area contributed by atoms with Crippen molar-refractivity contribution in [3.8, 4) is 0 Å². The van der Waals surface area contributed by atoms with Gasteiger partial charge in [0.25, 0.3) is 0 Å². The van der Waals surface area contributed by atoms with Crippen LogP contribution in [0.5, 0.6) is 0 Å². The van der Waals surface area contributed by atoms with Gasteiger partial charge in [-0.2, -0.15) is 4.31 Å². The fourth-order valence-corrected chi connectivity index (χ4v) is 5.22. The van der Waals surface area contributed by atoms with E-state index in [0.717, 1.165) is 15.9 Å². The number of sulfonamides is 1. The first kappa shape index (κ1) is 15.6. The van der Waals surface area contributed by atoms with Gasteiger partial charge in [-0.25, -0.2) is 8.42 Å². The van der Waals surface area contributed by atoms with Crippen LogP contribution in [-0.2, 0) is 15.8 Å². The predicted molar refractivity (Wildman–Crippen MR) is 92.5 cm³/mol. The Balaban J connectivity index is 1.48. The molecule has 0 amide bonds. The number of pyridine rings is 1. The molecule has 1 saturated heterocycles. The Labute approximate surface area is 143 Å². The Bertz CT molecular complexity index is 929. The Morgan fingerprint density at radius 3 is 2.75 bits per heavy atom. The Hall–Kier alpha value is -1.97. The lowest BCUT2D eigenvalue weighted by molar-refractivity contribution is 0.382. The molecule has 0 atom stereocenters. The van der Waals surface area contributed by atoms with Crippen LogP contribution < -0.4 is 4.90 Å². The van der Waals surface area contributed by atoms with Gasteiger partial charge in [-0.1, -0.05) is 5.16 Å². The molecule has 1 aliphatic rings. The number of piperazine rings is 1. The Kier molecular flexibility index (Phi) is 3.99. The molecule has 0 bridgehead atoms. The largest absolute Gasteiger partial charge is 0.368 e. The van der Waals surface area contributed by atoms with Gasteiger partial charge in [-0.15, -0.1) is 11.3 Å². The maximum Gasteiger partial charge on any atom is 0.220 e. The minimum Gasteiger partial charge on any atom is -0.368 e. The first-order valence-corrected chi connectivity index (χ1v) is 10.1. The lowest BCUT2D eigenvalue weighted by Crippen LogP contribution is -2.49. The molecule has 24 heavy (non-hydrogen) atoms. The summed E-state index contributed by atoms with van der Waals surface area (Å²) in [7, 11) is -3.37. The number of thiophene rings is 1. The Morgan fingerprint density at radius 2 is 2.00 bits per heavy atom. The summed E-state index contributed by atoms with van der Waals surface area (Å²) in [5, 5.41) is 5.72. The van der Waals surface area contributed by atoms with Crippen molar-refractivity contribution in [1.29, 1.82) is 0 Å². The molecule has 0 unspecified atom stereocenters. The first-order chi connectivity index (χ1) is 11.6. The summed E-state index contributed by atoms with van der Waals surface area (Å²) >= 11 is 1.66. The van der Waals surface area contributed by atoms with Crippen molar-refractivity contribution >= 4 is 37.3 Å². The van der Waals surface area contributed by atoms with E-state index in [2.05, 4.69) is 15.0 Å². The predicted octanol–water partition coefficient (Wildman–Crippen LogP) is 1.94. The van der Waals surface area contributed by atoms with Crippen LogP contribution in [0.3, 0.4) is 0 Å². The van der Waals surface area contributed by atoms with E-state index in [4.69, 9.17) is 4.52 Å². The summed E-state index contributed by atoms with van der Waals surface area (Å²) in [5.41, 5.74) is 2.55. The number of hydrogen-bond acceptors (Lipinski definition) is 7. The molecule has 0 N–H and O–H groups in total. The maximum atomic E-state index is 12.5. The molecule has 9 heteroatoms. The Morgan fingerprint density at radius 1 is 1.17 bits per heavy atom. The zero-order chi connectivity index (χ0) is 16.6. The van der Waals surface area contributed by atoms with Crippen molar-refractivity contribution in [2.75, 3.05) is 31.1 Å². The van der Waals surface area contributed by atoms with Crippen LogP contribution in [0.15, 0.2) is 40.6 Å². The number of aromatic nitrogens is 2. The molecule has 1 fully saturated rings. The van der Waals surface area contributed by atoms with E-state index in [1.54, 1.807) is 23.6 Å². The SMILES string of the molecule is O=S(=O)(Cc1ccon1)N1CCN(c2ccnc3ccsc23)CC1. The lowest BCUT2D eigenvalue weighted by atomic mass is 10.2. The number of rotatable bonds is 4. The highest BCUT2D eigenvalue weighted by molar-refractivity contribution is 7.88. The average molecular weight is 364 g/mol. The minimum atomic E-state index is -3.37. The lowest BCUT2D eigenvalue weighted by Gasteiger charge is -2.35. The van der Waals surface area contributed by atoms with Crippen LogP contribution in [0.1, 0.15) is 5.69 Å². The van der Waals surface area contributed by atoms with Gasteiger partial charge in [-0.05, 0) is 17.5 Å². The van der Waals surface area contributed by atoms with Gasteiger partial charge in [0, 0.05) is 38.4 Å². The van der Waals surface area contributed by atoms with E-state index in [0.29, 0.717) is 31.9 Å². The van der Waals surface area contributed by atoms with Crippen LogP contribution in [0.4, 0.5) is 5.69 Å². The number of hydrogen-bond donors (Lipinski definition) is 0. The fraction of sp³-hybridized carbons (Fsp3) is 0.333. The third-order valence-electron chi connectivity index (χ3n) is 4.12. The highest BCUT2D eigenvalue weighted by Gasteiger charge is 2.28. The fourth-order valence-electron chi connectivity index (χ4n) is 2.91. The maximum absolute atomic E-state index is 12.5. The zero-order valence-corrected chi connectivity index (χ0v) is 14.5. The number of fused-ring (bicyclic) bond motifs is 1. The molecular formula is C15H16N4O3S2. The quantitative estimate of drug-likeness (QED) is 0.704. The van der Waals surface area contributed by atoms with E-state index < -0.39 is 10.0 Å². The summed E-state index contributed by atoms with van der Waals surface area (Å²) in [6, 6.07) is 5.58.